The van der Waals surface area contributed by atoms with Crippen molar-refractivity contribution in [1.29, 1.82) is 0 Å². The number of carbonyl (C=O) groups excluding carboxylic acids is 1. The van der Waals surface area contributed by atoms with E-state index >= 15 is 0 Å². The van der Waals surface area contributed by atoms with Crippen molar-refractivity contribution in [2.45, 2.75) is 18.9 Å². The van der Waals surface area contributed by atoms with Gasteiger partial charge in [0, 0.05) is 30.8 Å². The summed E-state index contributed by atoms with van der Waals surface area (Å²) in [5.74, 6) is 0.940. The van der Waals surface area contributed by atoms with Gasteiger partial charge in [-0.2, -0.15) is 0 Å². The molecule has 4 nitrogen and oxygen atoms in total. The lowest BCUT2D eigenvalue weighted by Gasteiger charge is -2.13. The highest BCUT2D eigenvalue weighted by Gasteiger charge is 2.20. The molecule has 2 rings (SSSR count). The molecule has 92 valence electrons. The van der Waals surface area contributed by atoms with Gasteiger partial charge in [-0.1, -0.05) is 0 Å². The second-order valence-electron chi connectivity index (χ2n) is 4.03. The average Bonchev–Trinajstić information content (AvgIpc) is 2.74. The Labute approximate surface area is 109 Å². The molecule has 1 aliphatic rings. The van der Waals surface area contributed by atoms with Gasteiger partial charge in [0.05, 0.1) is 11.6 Å². The Kier molecular flexibility index (Phi) is 3.89. The summed E-state index contributed by atoms with van der Waals surface area (Å²) >= 11 is 3.41. The number of amides is 1. The lowest BCUT2D eigenvalue weighted by atomic mass is 10.2. The third-order valence-corrected chi connectivity index (χ3v) is 3.44. The first-order valence-corrected chi connectivity index (χ1v) is 6.35. The molecule has 1 aliphatic heterocycles. The normalized spacial score (nSPS) is 18.9. The van der Waals surface area contributed by atoms with E-state index in [9.17, 15) is 4.79 Å². The van der Waals surface area contributed by atoms with Crippen molar-refractivity contribution in [2.75, 3.05) is 19.0 Å². The van der Waals surface area contributed by atoms with Crippen molar-refractivity contribution in [3.8, 4) is 5.75 Å². The van der Waals surface area contributed by atoms with E-state index in [1.807, 2.05) is 18.2 Å². The molecule has 1 amide bonds. The molecule has 0 saturated carbocycles. The Morgan fingerprint density at radius 1 is 1.59 bits per heavy atom. The molecule has 0 radical (unpaired) electrons. The lowest BCUT2D eigenvalue weighted by Crippen LogP contribution is -2.31. The predicted octanol–water partition coefficient (Wildman–Crippen LogP) is 2.15. The molecule has 1 saturated heterocycles. The van der Waals surface area contributed by atoms with E-state index in [0.29, 0.717) is 6.42 Å². The van der Waals surface area contributed by atoms with Gasteiger partial charge < -0.3 is 15.4 Å². The fourth-order valence-electron chi connectivity index (χ4n) is 1.84. The molecule has 1 heterocycles. The fraction of sp³-hybridized carbons (Fsp3) is 0.417. The predicted molar refractivity (Wildman–Crippen MR) is 70.3 cm³/mol. The molecule has 1 unspecified atom stereocenters. The minimum Gasteiger partial charge on any atom is -0.495 e. The minimum absolute atomic E-state index is 0.144. The lowest BCUT2D eigenvalue weighted by molar-refractivity contribution is -0.119. The van der Waals surface area contributed by atoms with Crippen molar-refractivity contribution in [3.05, 3.63) is 22.7 Å². The largest absolute Gasteiger partial charge is 0.495 e. The van der Waals surface area contributed by atoms with Crippen LogP contribution >= 0.6 is 15.9 Å². The SMILES string of the molecule is COc1cc(NCC2CCC(=O)N2)ccc1Br. The molecule has 0 spiro atoms. The van der Waals surface area contributed by atoms with E-state index in [1.54, 1.807) is 7.11 Å². The van der Waals surface area contributed by atoms with Crippen molar-refractivity contribution < 1.29 is 9.53 Å². The zero-order valence-electron chi connectivity index (χ0n) is 9.63. The number of nitrogens with one attached hydrogen (secondary N) is 2. The molecular formula is C12H15BrN2O2. The van der Waals surface area contributed by atoms with Gasteiger partial charge in [-0.15, -0.1) is 0 Å². The number of anilines is 1. The van der Waals surface area contributed by atoms with E-state index in [-0.39, 0.29) is 11.9 Å². The molecule has 0 bridgehead atoms. The van der Waals surface area contributed by atoms with Crippen molar-refractivity contribution in [1.82, 2.24) is 5.32 Å². The molecule has 1 fully saturated rings. The zero-order chi connectivity index (χ0) is 12.3. The number of benzene rings is 1. The van der Waals surface area contributed by atoms with Crippen LogP contribution in [-0.2, 0) is 4.79 Å². The third kappa shape index (κ3) is 3.12. The van der Waals surface area contributed by atoms with Crippen LogP contribution in [0.25, 0.3) is 0 Å². The Morgan fingerprint density at radius 2 is 2.41 bits per heavy atom. The first-order chi connectivity index (χ1) is 8.19. The number of methoxy groups -OCH3 is 1. The van der Waals surface area contributed by atoms with Crippen molar-refractivity contribution in [3.63, 3.8) is 0 Å². The van der Waals surface area contributed by atoms with Gasteiger partial charge in [-0.25, -0.2) is 0 Å². The topological polar surface area (TPSA) is 50.4 Å². The summed E-state index contributed by atoms with van der Waals surface area (Å²) in [6.07, 6.45) is 1.54. The van der Waals surface area contributed by atoms with Crippen LogP contribution in [0.2, 0.25) is 0 Å². The van der Waals surface area contributed by atoms with Gasteiger partial charge in [0.2, 0.25) is 5.91 Å². The molecule has 1 aromatic rings. The maximum Gasteiger partial charge on any atom is 0.220 e. The Bertz CT molecular complexity index is 423. The van der Waals surface area contributed by atoms with Crippen LogP contribution < -0.4 is 15.4 Å². The van der Waals surface area contributed by atoms with E-state index in [1.165, 1.54) is 0 Å². The second kappa shape index (κ2) is 5.40. The number of hydrogen-bond acceptors (Lipinski definition) is 3. The van der Waals surface area contributed by atoms with Gasteiger partial charge in [-0.3, -0.25) is 4.79 Å². The highest BCUT2D eigenvalue weighted by atomic mass is 79.9. The van der Waals surface area contributed by atoms with Gasteiger partial charge in [0.15, 0.2) is 0 Å². The van der Waals surface area contributed by atoms with Gasteiger partial charge in [-0.05, 0) is 34.5 Å². The van der Waals surface area contributed by atoms with Crippen LogP contribution in [0, 0.1) is 0 Å². The summed E-state index contributed by atoms with van der Waals surface area (Å²) in [4.78, 5) is 11.0. The van der Waals surface area contributed by atoms with Crippen molar-refractivity contribution in [2.24, 2.45) is 0 Å². The third-order valence-electron chi connectivity index (χ3n) is 2.79. The molecule has 17 heavy (non-hydrogen) atoms. The van der Waals surface area contributed by atoms with Crippen LogP contribution in [0.5, 0.6) is 5.75 Å². The van der Waals surface area contributed by atoms with E-state index in [2.05, 4.69) is 26.6 Å². The summed E-state index contributed by atoms with van der Waals surface area (Å²) in [6.45, 7) is 0.747. The summed E-state index contributed by atoms with van der Waals surface area (Å²) < 4.78 is 6.15. The van der Waals surface area contributed by atoms with Crippen LogP contribution in [0.4, 0.5) is 5.69 Å². The Balaban J connectivity index is 1.92. The smallest absolute Gasteiger partial charge is 0.220 e. The highest BCUT2D eigenvalue weighted by molar-refractivity contribution is 9.10. The maximum absolute atomic E-state index is 11.0. The van der Waals surface area contributed by atoms with Gasteiger partial charge in [0.25, 0.3) is 0 Å². The molecule has 0 aromatic heterocycles. The summed E-state index contributed by atoms with van der Waals surface area (Å²) in [7, 11) is 1.64. The second-order valence-corrected chi connectivity index (χ2v) is 4.89. The fourth-order valence-corrected chi connectivity index (χ4v) is 2.25. The maximum atomic E-state index is 11.0. The number of hydrogen-bond donors (Lipinski definition) is 2. The zero-order valence-corrected chi connectivity index (χ0v) is 11.2. The van der Waals surface area contributed by atoms with Crippen LogP contribution in [0.15, 0.2) is 22.7 Å². The molecule has 2 N–H and O–H groups in total. The molecule has 0 aliphatic carbocycles. The first kappa shape index (κ1) is 12.2. The summed E-state index contributed by atoms with van der Waals surface area (Å²) in [5.41, 5.74) is 0.992. The number of rotatable bonds is 4. The Morgan fingerprint density at radius 3 is 3.06 bits per heavy atom. The monoisotopic (exact) mass is 298 g/mol. The quantitative estimate of drug-likeness (QED) is 0.895. The number of ether oxygens (including phenoxy) is 1. The average molecular weight is 299 g/mol. The van der Waals surface area contributed by atoms with Crippen LogP contribution in [-0.4, -0.2) is 25.6 Å². The Hall–Kier alpha value is -1.23. The summed E-state index contributed by atoms with van der Waals surface area (Å²) in [6, 6.07) is 6.08. The molecule has 1 aromatic carbocycles. The number of carbonyl (C=O) groups is 1. The van der Waals surface area contributed by atoms with E-state index < -0.39 is 0 Å². The standard InChI is InChI=1S/C12H15BrN2O2/c1-17-11-6-8(2-4-10(11)13)14-7-9-3-5-12(16)15-9/h2,4,6,9,14H,3,5,7H2,1H3,(H,15,16). The highest BCUT2D eigenvalue weighted by Crippen LogP contribution is 2.27. The number of halogens is 1. The molecular weight excluding hydrogens is 284 g/mol. The first-order valence-electron chi connectivity index (χ1n) is 5.56. The van der Waals surface area contributed by atoms with Gasteiger partial charge in [0.1, 0.15) is 5.75 Å². The van der Waals surface area contributed by atoms with Gasteiger partial charge >= 0.3 is 0 Å². The minimum atomic E-state index is 0.144. The van der Waals surface area contributed by atoms with Crippen LogP contribution in [0.1, 0.15) is 12.8 Å². The summed E-state index contributed by atoms with van der Waals surface area (Å²) in [5, 5.41) is 6.22. The van der Waals surface area contributed by atoms with Crippen molar-refractivity contribution >= 4 is 27.5 Å². The molecule has 1 atom stereocenters. The van der Waals surface area contributed by atoms with Crippen LogP contribution in [0.3, 0.4) is 0 Å². The van der Waals surface area contributed by atoms with E-state index in [4.69, 9.17) is 4.74 Å². The van der Waals surface area contributed by atoms with E-state index in [0.717, 1.165) is 28.9 Å². The molecule has 5 heteroatoms.